The third kappa shape index (κ3) is 7.93. The van der Waals surface area contributed by atoms with Crippen molar-refractivity contribution in [2.75, 3.05) is 14.2 Å². The number of hydrogen-bond acceptors (Lipinski definition) is 6. The number of carbonyl (C=O) groups excluding carboxylic acids is 4. The molecule has 8 nitrogen and oxygen atoms in total. The Balaban J connectivity index is 2.22. The normalized spacial score (nSPS) is 12.6. The van der Waals surface area contributed by atoms with Crippen LogP contribution in [0.1, 0.15) is 48.4 Å². The van der Waals surface area contributed by atoms with Crippen LogP contribution in [-0.4, -0.2) is 76.3 Å². The van der Waals surface area contributed by atoms with Gasteiger partial charge in [-0.1, -0.05) is 0 Å². The molecular weight excluding hydrogens is 594 g/mol. The summed E-state index contributed by atoms with van der Waals surface area (Å²) in [6.07, 6.45) is 0. The van der Waals surface area contributed by atoms with Gasteiger partial charge in [-0.15, -0.1) is 0 Å². The van der Waals surface area contributed by atoms with Crippen LogP contribution < -0.4 is 19.6 Å². The molecule has 2 amide bonds. The Hall–Kier alpha value is -2.64. The number of benzene rings is 2. The zero-order valence-corrected chi connectivity index (χ0v) is 24.6. The van der Waals surface area contributed by atoms with E-state index in [0.717, 1.165) is 8.92 Å². The third-order valence-corrected chi connectivity index (χ3v) is 12.5. The monoisotopic (exact) mass is 628 g/mol. The number of hydrogen-bond donors (Lipinski definition) is 2. The first-order valence-corrected chi connectivity index (χ1v) is 17.4. The van der Waals surface area contributed by atoms with Crippen LogP contribution in [0, 0.1) is 11.8 Å². The minimum atomic E-state index is -0.748. The number of amides is 2. The van der Waals surface area contributed by atoms with Crippen LogP contribution in [-0.2, 0) is 19.1 Å². The molecule has 0 saturated heterocycles. The molecule has 0 saturated carbocycles. The molecule has 0 aliphatic carbocycles. The first kappa shape index (κ1) is 29.6. The molecule has 2 atom stereocenters. The van der Waals surface area contributed by atoms with E-state index in [9.17, 15) is 19.2 Å². The third-order valence-electron chi connectivity index (χ3n) is 5.30. The summed E-state index contributed by atoms with van der Waals surface area (Å²) in [5, 5.41) is 5.59. The van der Waals surface area contributed by atoms with E-state index in [1.165, 1.54) is 14.2 Å². The first-order chi connectivity index (χ1) is 17.1. The molecule has 0 unspecified atom stereocenters. The van der Waals surface area contributed by atoms with Gasteiger partial charge in [0.1, 0.15) is 0 Å². The zero-order valence-electron chi connectivity index (χ0n) is 21.2. The van der Waals surface area contributed by atoms with Crippen molar-refractivity contribution in [2.45, 2.75) is 39.8 Å². The first-order valence-electron chi connectivity index (χ1n) is 11.4. The van der Waals surface area contributed by atoms with Gasteiger partial charge in [-0.25, -0.2) is 0 Å². The van der Waals surface area contributed by atoms with Gasteiger partial charge in [0.05, 0.1) is 0 Å². The summed E-state index contributed by atoms with van der Waals surface area (Å²) in [4.78, 5) is 50.3. The molecule has 0 bridgehead atoms. The summed E-state index contributed by atoms with van der Waals surface area (Å²) in [6.45, 7) is 7.36. The van der Waals surface area contributed by atoms with Crippen molar-refractivity contribution in [1.82, 2.24) is 10.6 Å². The number of nitrogens with one attached hydrogen (secondary N) is 2. The number of ether oxygens (including phenoxy) is 2. The second-order valence-electron chi connectivity index (χ2n) is 8.60. The molecular formula is C26H32N2O6Se2. The summed E-state index contributed by atoms with van der Waals surface area (Å²) in [7, 11) is 2.59. The van der Waals surface area contributed by atoms with E-state index >= 15 is 0 Å². The van der Waals surface area contributed by atoms with Gasteiger partial charge in [0.2, 0.25) is 0 Å². The van der Waals surface area contributed by atoms with E-state index in [1.807, 2.05) is 52.0 Å². The van der Waals surface area contributed by atoms with Gasteiger partial charge in [0.15, 0.2) is 0 Å². The zero-order chi connectivity index (χ0) is 26.8. The predicted molar refractivity (Wildman–Crippen MR) is 140 cm³/mol. The van der Waals surface area contributed by atoms with Crippen LogP contribution in [0.2, 0.25) is 0 Å². The molecule has 2 aromatic carbocycles. The Morgan fingerprint density at radius 2 is 0.972 bits per heavy atom. The fourth-order valence-electron chi connectivity index (χ4n) is 3.23. The second-order valence-corrected chi connectivity index (χ2v) is 14.8. The molecule has 10 heteroatoms. The fraction of sp³-hybridized carbons (Fsp3) is 0.385. The van der Waals surface area contributed by atoms with Crippen molar-refractivity contribution < 1.29 is 28.7 Å². The van der Waals surface area contributed by atoms with Gasteiger partial charge in [-0.2, -0.15) is 0 Å². The SMILES string of the molecule is COC(=O)[C@@H](NC(=O)c1ccccc1[Se][Se]c1ccccc1C(=O)N[C@H](C(=O)OC)C(C)C)C(C)C. The van der Waals surface area contributed by atoms with Crippen LogP contribution in [0.4, 0.5) is 0 Å². The molecule has 2 N–H and O–H groups in total. The molecule has 194 valence electrons. The molecule has 0 fully saturated rings. The van der Waals surface area contributed by atoms with E-state index < -0.39 is 24.0 Å². The maximum atomic E-state index is 13.1. The Bertz CT molecular complexity index is 1000. The molecule has 0 aliphatic heterocycles. The summed E-state index contributed by atoms with van der Waals surface area (Å²) >= 11 is -0.259. The quantitative estimate of drug-likeness (QED) is 0.283. The van der Waals surface area contributed by atoms with Crippen molar-refractivity contribution in [3.05, 3.63) is 59.7 Å². The molecule has 0 aromatic heterocycles. The number of carbonyl (C=O) groups is 4. The van der Waals surface area contributed by atoms with E-state index in [-0.39, 0.29) is 49.9 Å². The number of methoxy groups -OCH3 is 2. The van der Waals surface area contributed by atoms with Gasteiger partial charge in [-0.3, -0.25) is 0 Å². The number of rotatable bonds is 11. The fourth-order valence-corrected chi connectivity index (χ4v) is 10.3. The van der Waals surface area contributed by atoms with E-state index in [0.29, 0.717) is 11.1 Å². The van der Waals surface area contributed by atoms with Crippen molar-refractivity contribution in [3.8, 4) is 0 Å². The molecule has 0 heterocycles. The minimum absolute atomic E-state index is 0.129. The topological polar surface area (TPSA) is 111 Å². The van der Waals surface area contributed by atoms with Crippen LogP contribution in [0.25, 0.3) is 0 Å². The molecule has 0 spiro atoms. The van der Waals surface area contributed by atoms with Gasteiger partial charge in [-0.05, 0) is 0 Å². The van der Waals surface area contributed by atoms with E-state index in [4.69, 9.17) is 9.47 Å². The van der Waals surface area contributed by atoms with E-state index in [1.54, 1.807) is 24.3 Å². The molecule has 2 rings (SSSR count). The molecule has 0 radical (unpaired) electrons. The van der Waals surface area contributed by atoms with Crippen LogP contribution in [0.3, 0.4) is 0 Å². The molecule has 36 heavy (non-hydrogen) atoms. The maximum absolute atomic E-state index is 13.1. The van der Waals surface area contributed by atoms with Gasteiger partial charge in [0, 0.05) is 0 Å². The summed E-state index contributed by atoms with van der Waals surface area (Å²) in [5.74, 6) is -1.91. The van der Waals surface area contributed by atoms with Crippen molar-refractivity contribution in [1.29, 1.82) is 0 Å². The Labute approximate surface area is 223 Å². The Kier molecular flexibility index (Phi) is 11.7. The molecule has 2 aromatic rings. The van der Waals surface area contributed by atoms with Crippen LogP contribution >= 0.6 is 0 Å². The van der Waals surface area contributed by atoms with E-state index in [2.05, 4.69) is 10.6 Å². The molecule has 0 aliphatic rings. The second kappa shape index (κ2) is 14.2. The average Bonchev–Trinajstić information content (AvgIpc) is 2.87. The van der Waals surface area contributed by atoms with Gasteiger partial charge >= 0.3 is 224 Å². The van der Waals surface area contributed by atoms with Crippen molar-refractivity contribution >= 4 is 58.9 Å². The Morgan fingerprint density at radius 3 is 1.28 bits per heavy atom. The standard InChI is InChI=1S/C26H32N2O6Se2/c1-15(2)21(25(31)33-5)27-23(29)17-11-7-9-13-19(17)35-36-20-14-10-8-12-18(20)24(30)28-22(16(3)4)26(32)34-6/h7-16,21-22H,1-6H3,(H,27,29)(H,28,30)/t21-,22-/m0/s1. The van der Waals surface area contributed by atoms with Gasteiger partial charge < -0.3 is 0 Å². The summed E-state index contributed by atoms with van der Waals surface area (Å²) < 4.78 is 11.4. The number of esters is 2. The van der Waals surface area contributed by atoms with Crippen molar-refractivity contribution in [2.24, 2.45) is 11.8 Å². The van der Waals surface area contributed by atoms with Crippen LogP contribution in [0.5, 0.6) is 0 Å². The predicted octanol–water partition coefficient (Wildman–Crippen LogP) is 0.816. The summed E-state index contributed by atoms with van der Waals surface area (Å²) in [6, 6.07) is 13.1. The van der Waals surface area contributed by atoms with Crippen LogP contribution in [0.15, 0.2) is 48.5 Å². The Morgan fingerprint density at radius 1 is 0.639 bits per heavy atom. The van der Waals surface area contributed by atoms with Crippen molar-refractivity contribution in [3.63, 3.8) is 0 Å². The van der Waals surface area contributed by atoms with Gasteiger partial charge in [0.25, 0.3) is 0 Å². The average molecular weight is 626 g/mol. The summed E-state index contributed by atoms with van der Waals surface area (Å²) in [5.41, 5.74) is 1.00.